The van der Waals surface area contributed by atoms with Crippen molar-refractivity contribution in [3.05, 3.63) is 70.6 Å². The average Bonchev–Trinajstić information content (AvgIpc) is 3.62. The number of carboxylic acid groups (broad SMARTS) is 1. The van der Waals surface area contributed by atoms with Crippen LogP contribution in [0.1, 0.15) is 16.2 Å². The molecular weight excluding hydrogens is 528 g/mol. The minimum atomic E-state index is -1.11. The van der Waals surface area contributed by atoms with Crippen molar-refractivity contribution < 1.29 is 14.3 Å². The lowest BCUT2D eigenvalue weighted by Gasteiger charge is -2.21. The summed E-state index contributed by atoms with van der Waals surface area (Å²) in [5.74, 6) is 1.05. The van der Waals surface area contributed by atoms with Crippen LogP contribution in [0.2, 0.25) is 0 Å². The lowest BCUT2D eigenvalue weighted by Crippen LogP contribution is -2.14. The van der Waals surface area contributed by atoms with Crippen molar-refractivity contribution in [3.8, 4) is 22.7 Å². The molecule has 12 heteroatoms. The van der Waals surface area contributed by atoms with E-state index in [-0.39, 0.29) is 5.69 Å². The number of H-pyrrole nitrogens is 1. The van der Waals surface area contributed by atoms with Gasteiger partial charge in [-0.15, -0.1) is 10.2 Å². The van der Waals surface area contributed by atoms with Gasteiger partial charge in [0.2, 0.25) is 11.6 Å². The van der Waals surface area contributed by atoms with Crippen LogP contribution in [-0.2, 0) is 0 Å². The minimum absolute atomic E-state index is 0.0688. The Morgan fingerprint density at radius 2 is 1.94 bits per heavy atom. The van der Waals surface area contributed by atoms with E-state index >= 15 is 0 Å². The number of nitrogens with one attached hydrogen (secondary N) is 1. The number of halogens is 1. The molecule has 11 nitrogen and oxygen atoms in total. The Balaban J connectivity index is 1.46. The molecular formula is C24H17BrN8O3. The molecule has 0 spiro atoms. The number of aromatic amines is 1. The summed E-state index contributed by atoms with van der Waals surface area (Å²) in [6.45, 7) is 1.84. The molecule has 36 heavy (non-hydrogen) atoms. The highest BCUT2D eigenvalue weighted by molar-refractivity contribution is 9.10. The maximum Gasteiger partial charge on any atom is 0.356 e. The molecule has 0 saturated heterocycles. The van der Waals surface area contributed by atoms with Crippen LogP contribution in [0, 0.1) is 6.92 Å². The summed E-state index contributed by atoms with van der Waals surface area (Å²) < 4.78 is 8.69. The Morgan fingerprint density at radius 1 is 1.14 bits per heavy atom. The Morgan fingerprint density at radius 3 is 2.69 bits per heavy atom. The van der Waals surface area contributed by atoms with E-state index in [0.29, 0.717) is 22.9 Å². The molecule has 6 aromatic rings. The molecule has 0 saturated carbocycles. The van der Waals surface area contributed by atoms with Crippen LogP contribution < -0.4 is 4.90 Å². The summed E-state index contributed by atoms with van der Waals surface area (Å²) in [4.78, 5) is 21.9. The van der Waals surface area contributed by atoms with E-state index in [4.69, 9.17) is 4.42 Å². The number of aromatic nitrogens is 7. The van der Waals surface area contributed by atoms with Crippen LogP contribution >= 0.6 is 15.9 Å². The number of benzene rings is 2. The summed E-state index contributed by atoms with van der Waals surface area (Å²) in [7, 11) is 1.90. The predicted molar refractivity (Wildman–Crippen MR) is 135 cm³/mol. The standard InChI is InChI=1S/C24H17BrN8O3/c1-12-9-19(33-11-17(23(34)35)27-24(33)26-12)32(2)13-7-8-18-16(10-13)20(25)21(36-18)14-5-3-4-6-15(14)22-28-30-31-29-22/h3-11H,1-2H3,(H,34,35)(H,28,29,30,31). The van der Waals surface area contributed by atoms with Crippen molar-refractivity contribution in [2.75, 3.05) is 11.9 Å². The van der Waals surface area contributed by atoms with Gasteiger partial charge in [-0.25, -0.2) is 14.8 Å². The molecule has 4 heterocycles. The summed E-state index contributed by atoms with van der Waals surface area (Å²) >= 11 is 3.73. The number of anilines is 2. The maximum absolute atomic E-state index is 11.5. The number of hydrogen-bond acceptors (Lipinski definition) is 8. The molecule has 2 aromatic carbocycles. The second-order valence-corrected chi connectivity index (χ2v) is 8.92. The van der Waals surface area contributed by atoms with Crippen LogP contribution in [0.5, 0.6) is 0 Å². The predicted octanol–water partition coefficient (Wildman–Crippen LogP) is 4.86. The topological polar surface area (TPSA) is 138 Å². The lowest BCUT2D eigenvalue weighted by molar-refractivity contribution is 0.0691. The van der Waals surface area contributed by atoms with Gasteiger partial charge in [0.05, 0.1) is 4.47 Å². The van der Waals surface area contributed by atoms with Gasteiger partial charge in [0.15, 0.2) is 5.69 Å². The number of aromatic carboxylic acids is 1. The van der Waals surface area contributed by atoms with E-state index in [0.717, 1.165) is 38.2 Å². The second kappa shape index (κ2) is 8.27. The quantitative estimate of drug-likeness (QED) is 0.311. The van der Waals surface area contributed by atoms with Gasteiger partial charge in [-0.3, -0.25) is 4.40 Å². The van der Waals surface area contributed by atoms with E-state index in [1.807, 2.05) is 67.4 Å². The van der Waals surface area contributed by atoms with Crippen LogP contribution in [0.3, 0.4) is 0 Å². The number of aryl methyl sites for hydroxylation is 1. The SMILES string of the molecule is Cc1cc(N(C)c2ccc3oc(-c4ccccc4-c4nn[nH]n4)c(Br)c3c2)n2cc(C(=O)O)nc2n1. The zero-order valence-electron chi connectivity index (χ0n) is 19.0. The minimum Gasteiger partial charge on any atom is -0.476 e. The third-order valence-corrected chi connectivity index (χ3v) is 6.65. The molecule has 178 valence electrons. The molecule has 0 aliphatic heterocycles. The van der Waals surface area contributed by atoms with Crippen LogP contribution in [-0.4, -0.2) is 53.1 Å². The first-order chi connectivity index (χ1) is 17.4. The van der Waals surface area contributed by atoms with E-state index in [2.05, 4.69) is 46.5 Å². The molecule has 0 fully saturated rings. The average molecular weight is 545 g/mol. The van der Waals surface area contributed by atoms with Gasteiger partial charge in [0, 0.05) is 47.2 Å². The number of carbonyl (C=O) groups is 1. The van der Waals surface area contributed by atoms with Crippen molar-refractivity contribution in [2.24, 2.45) is 0 Å². The number of tetrazole rings is 1. The fourth-order valence-corrected chi connectivity index (χ4v) is 4.75. The van der Waals surface area contributed by atoms with Crippen molar-refractivity contribution in [1.82, 2.24) is 35.0 Å². The van der Waals surface area contributed by atoms with Crippen molar-refractivity contribution >= 4 is 50.2 Å². The number of imidazole rings is 1. The summed E-state index contributed by atoms with van der Waals surface area (Å²) in [6.07, 6.45) is 1.47. The third kappa shape index (κ3) is 3.50. The van der Waals surface area contributed by atoms with Gasteiger partial charge in [-0.2, -0.15) is 5.21 Å². The highest BCUT2D eigenvalue weighted by Gasteiger charge is 2.21. The number of furan rings is 1. The molecule has 0 atom stereocenters. The van der Waals surface area contributed by atoms with Crippen LogP contribution in [0.4, 0.5) is 11.5 Å². The molecule has 2 N–H and O–H groups in total. The highest BCUT2D eigenvalue weighted by atomic mass is 79.9. The lowest BCUT2D eigenvalue weighted by atomic mass is 10.0. The second-order valence-electron chi connectivity index (χ2n) is 8.12. The van der Waals surface area contributed by atoms with E-state index in [1.165, 1.54) is 6.20 Å². The molecule has 0 unspecified atom stereocenters. The smallest absolute Gasteiger partial charge is 0.356 e. The van der Waals surface area contributed by atoms with Gasteiger partial charge in [-0.05, 0) is 46.3 Å². The molecule has 0 aliphatic rings. The van der Waals surface area contributed by atoms with Crippen molar-refractivity contribution in [2.45, 2.75) is 6.92 Å². The fourth-order valence-electron chi connectivity index (χ4n) is 4.15. The van der Waals surface area contributed by atoms with Gasteiger partial charge in [0.1, 0.15) is 17.2 Å². The van der Waals surface area contributed by atoms with Gasteiger partial charge >= 0.3 is 5.97 Å². The first kappa shape index (κ1) is 21.9. The zero-order valence-corrected chi connectivity index (χ0v) is 20.6. The Labute approximate surface area is 211 Å². The Kier molecular flexibility index (Phi) is 5.04. The first-order valence-corrected chi connectivity index (χ1v) is 11.6. The molecule has 0 amide bonds. The van der Waals surface area contributed by atoms with E-state index in [9.17, 15) is 9.90 Å². The molecule has 6 rings (SSSR count). The van der Waals surface area contributed by atoms with Crippen LogP contribution in [0.25, 0.3) is 39.5 Å². The summed E-state index contributed by atoms with van der Waals surface area (Å²) in [5.41, 5.74) is 3.82. The molecule has 4 aromatic heterocycles. The number of carboxylic acids is 1. The number of fused-ring (bicyclic) bond motifs is 2. The Hall–Kier alpha value is -4.58. The number of rotatable bonds is 5. The normalized spacial score (nSPS) is 11.4. The van der Waals surface area contributed by atoms with Crippen LogP contribution in [0.15, 0.2) is 63.6 Å². The monoisotopic (exact) mass is 544 g/mol. The zero-order chi connectivity index (χ0) is 25.0. The first-order valence-electron chi connectivity index (χ1n) is 10.8. The maximum atomic E-state index is 11.5. The van der Waals surface area contributed by atoms with Gasteiger partial charge in [0.25, 0.3) is 0 Å². The van der Waals surface area contributed by atoms with E-state index < -0.39 is 5.97 Å². The largest absolute Gasteiger partial charge is 0.476 e. The molecule has 0 radical (unpaired) electrons. The highest BCUT2D eigenvalue weighted by Crippen LogP contribution is 2.42. The number of hydrogen-bond donors (Lipinski definition) is 2. The molecule has 0 aliphatic carbocycles. The molecule has 0 bridgehead atoms. The van der Waals surface area contributed by atoms with Crippen molar-refractivity contribution in [1.29, 1.82) is 0 Å². The van der Waals surface area contributed by atoms with Gasteiger partial charge in [-0.1, -0.05) is 24.3 Å². The summed E-state index contributed by atoms with van der Waals surface area (Å²) in [6, 6.07) is 15.4. The number of nitrogens with zero attached hydrogens (tertiary/aromatic N) is 7. The van der Waals surface area contributed by atoms with Crippen molar-refractivity contribution in [3.63, 3.8) is 0 Å². The Bertz CT molecular complexity index is 1770. The summed E-state index contributed by atoms with van der Waals surface area (Å²) in [5, 5.41) is 24.6. The van der Waals surface area contributed by atoms with E-state index in [1.54, 1.807) is 4.40 Å². The third-order valence-electron chi connectivity index (χ3n) is 5.87. The fraction of sp³-hybridized carbons (Fsp3) is 0.0833. The van der Waals surface area contributed by atoms with Gasteiger partial charge < -0.3 is 14.4 Å².